The van der Waals surface area contributed by atoms with Gasteiger partial charge < -0.3 is 8.37 Å². The van der Waals surface area contributed by atoms with Gasteiger partial charge in [0.1, 0.15) is 11.5 Å². The zero-order chi connectivity index (χ0) is 41.0. The van der Waals surface area contributed by atoms with E-state index in [1.807, 2.05) is 97.1 Å². The molecule has 0 aliphatic rings. The Labute approximate surface area is 327 Å². The molecule has 0 unspecified atom stereocenters. The summed E-state index contributed by atoms with van der Waals surface area (Å²) in [4.78, 5) is 0. The zero-order valence-corrected chi connectivity index (χ0v) is 31.2. The smallest absolute Gasteiger partial charge is 0.376 e. The first-order valence-corrected chi connectivity index (χ1v) is 20.1. The van der Waals surface area contributed by atoms with Crippen molar-refractivity contribution in [1.29, 1.82) is 0 Å². The van der Waals surface area contributed by atoms with E-state index in [1.165, 1.54) is 24.3 Å². The highest BCUT2D eigenvalue weighted by molar-refractivity contribution is 7.88. The summed E-state index contributed by atoms with van der Waals surface area (Å²) < 4.78 is 136. The van der Waals surface area contributed by atoms with Crippen LogP contribution in [0.4, 0.5) is 26.3 Å². The van der Waals surface area contributed by atoms with Crippen molar-refractivity contribution in [3.05, 3.63) is 158 Å². The van der Waals surface area contributed by atoms with Crippen LogP contribution in [0.15, 0.2) is 158 Å². The van der Waals surface area contributed by atoms with E-state index in [4.69, 9.17) is 0 Å². The van der Waals surface area contributed by atoms with Gasteiger partial charge in [-0.25, -0.2) is 0 Å². The first-order chi connectivity index (χ1) is 27.6. The minimum Gasteiger partial charge on any atom is -0.376 e. The number of rotatable bonds is 8. The van der Waals surface area contributed by atoms with Gasteiger partial charge in [0.2, 0.25) is 0 Å². The van der Waals surface area contributed by atoms with Crippen molar-refractivity contribution in [2.24, 2.45) is 0 Å². The number of hydrogen-bond donors (Lipinski definition) is 0. The van der Waals surface area contributed by atoms with Gasteiger partial charge in [0.25, 0.3) is 0 Å². The summed E-state index contributed by atoms with van der Waals surface area (Å²) in [5, 5.41) is 4.39. The maximum absolute atomic E-state index is 13.3. The van der Waals surface area contributed by atoms with Crippen molar-refractivity contribution in [2.45, 2.75) is 11.0 Å². The molecule has 292 valence electrons. The second-order valence-electron chi connectivity index (χ2n) is 13.1. The minimum atomic E-state index is -5.96. The molecule has 8 rings (SSSR count). The van der Waals surface area contributed by atoms with E-state index >= 15 is 0 Å². The number of fused-ring (bicyclic) bond motifs is 3. The first kappa shape index (κ1) is 38.5. The molecule has 8 aromatic rings. The van der Waals surface area contributed by atoms with Crippen LogP contribution in [0.25, 0.3) is 76.8 Å². The summed E-state index contributed by atoms with van der Waals surface area (Å²) in [6.45, 7) is 0. The van der Waals surface area contributed by atoms with E-state index in [-0.39, 0.29) is 0 Å². The van der Waals surface area contributed by atoms with Gasteiger partial charge in [-0.2, -0.15) is 43.2 Å². The summed E-state index contributed by atoms with van der Waals surface area (Å²) in [6, 6.07) is 44.5. The van der Waals surface area contributed by atoms with Crippen molar-refractivity contribution in [2.75, 3.05) is 0 Å². The predicted molar refractivity (Wildman–Crippen MR) is 212 cm³/mol. The number of alkyl halides is 6. The molecule has 0 N–H and O–H groups in total. The fraction of sp³-hybridized carbons (Fsp3) is 0.0455. The van der Waals surface area contributed by atoms with Crippen LogP contribution in [0.1, 0.15) is 0 Å². The molecule has 0 saturated carbocycles. The third kappa shape index (κ3) is 6.77. The molecule has 0 aliphatic carbocycles. The normalized spacial score (nSPS) is 12.6. The molecule has 0 atom stereocenters. The predicted octanol–water partition coefficient (Wildman–Crippen LogP) is 12.3. The first-order valence-electron chi connectivity index (χ1n) is 17.3. The molecule has 58 heavy (non-hydrogen) atoms. The number of benzene rings is 8. The Kier molecular flexibility index (Phi) is 9.44. The van der Waals surface area contributed by atoms with Crippen molar-refractivity contribution >= 4 is 52.6 Å². The third-order valence-electron chi connectivity index (χ3n) is 9.57. The third-order valence-corrected chi connectivity index (χ3v) is 11.5. The highest BCUT2D eigenvalue weighted by Crippen LogP contribution is 2.53. The van der Waals surface area contributed by atoms with Crippen molar-refractivity contribution in [1.82, 2.24) is 0 Å². The van der Waals surface area contributed by atoms with Crippen LogP contribution in [-0.2, 0) is 20.2 Å². The minimum absolute atomic E-state index is 0.497. The summed E-state index contributed by atoms with van der Waals surface area (Å²) >= 11 is 0. The molecule has 14 heteroatoms. The Hall–Kier alpha value is -6.38. The highest BCUT2D eigenvalue weighted by Gasteiger charge is 2.49. The average Bonchev–Trinajstić information content (AvgIpc) is 3.19. The molecular formula is C44H26F6O6S2. The number of halogens is 6. The Balaban J connectivity index is 1.54. The SMILES string of the molecule is O=S(=O)(Oc1ccc(-c2c3ccccc3c(-c3ccc(OS(=O)(=O)C(F)(F)F)cc3)c3c(-c4ccccc4)c4ccccc4c(-c4ccccc4)c23)cc1)C(F)(F)F. The molecule has 8 aromatic carbocycles. The second kappa shape index (κ2) is 14.2. The molecule has 0 heterocycles. The van der Waals surface area contributed by atoms with E-state index in [2.05, 4.69) is 8.37 Å². The van der Waals surface area contributed by atoms with E-state index in [0.717, 1.165) is 57.3 Å². The van der Waals surface area contributed by atoms with Gasteiger partial charge in [0, 0.05) is 0 Å². The molecule has 0 amide bonds. The lowest BCUT2D eigenvalue weighted by molar-refractivity contribution is -0.0504. The van der Waals surface area contributed by atoms with Crippen LogP contribution >= 0.6 is 0 Å². The molecular weight excluding hydrogens is 803 g/mol. The van der Waals surface area contributed by atoms with Crippen molar-refractivity contribution in [3.63, 3.8) is 0 Å². The van der Waals surface area contributed by atoms with Gasteiger partial charge in [-0.05, 0) is 101 Å². The zero-order valence-electron chi connectivity index (χ0n) is 29.5. The quantitative estimate of drug-likeness (QED) is 0.0656. The Bertz CT molecular complexity index is 2870. The standard InChI is InChI=1S/C44H26F6O6S2/c45-43(46,47)57(51,52)55-31-23-19-29(20-24-31)39-35-17-9-10-18-36(35)40(30-21-25-32(26-22-30)56-58(53,54)44(48,49)50)42-38(28-13-5-2-6-14-28)34-16-8-7-15-33(34)37(41(39)42)27-11-3-1-4-12-27/h1-26H. The fourth-order valence-corrected chi connectivity index (χ4v) is 8.16. The van der Waals surface area contributed by atoms with Crippen LogP contribution < -0.4 is 8.37 Å². The van der Waals surface area contributed by atoms with Crippen LogP contribution in [0.2, 0.25) is 0 Å². The van der Waals surface area contributed by atoms with Gasteiger partial charge in [0.15, 0.2) is 0 Å². The van der Waals surface area contributed by atoms with Crippen molar-refractivity contribution < 1.29 is 51.5 Å². The molecule has 0 fully saturated rings. The fourth-order valence-electron chi connectivity index (χ4n) is 7.24. The number of hydrogen-bond acceptors (Lipinski definition) is 6. The maximum atomic E-state index is 13.3. The lowest BCUT2D eigenvalue weighted by Gasteiger charge is -2.25. The lowest BCUT2D eigenvalue weighted by Crippen LogP contribution is -2.28. The lowest BCUT2D eigenvalue weighted by atomic mass is 9.77. The van der Waals surface area contributed by atoms with E-state index in [1.54, 1.807) is 12.1 Å². The van der Waals surface area contributed by atoms with E-state index in [0.29, 0.717) is 43.8 Å². The van der Waals surface area contributed by atoms with Crippen LogP contribution in [0.5, 0.6) is 11.5 Å². The topological polar surface area (TPSA) is 86.7 Å². The summed E-state index contributed by atoms with van der Waals surface area (Å²) in [5.41, 5.74) is -5.85. The largest absolute Gasteiger partial charge is 0.534 e. The molecule has 0 radical (unpaired) electrons. The summed E-state index contributed by atoms with van der Waals surface area (Å²) in [7, 11) is -11.9. The monoisotopic (exact) mass is 828 g/mol. The van der Waals surface area contributed by atoms with Gasteiger partial charge in [0.05, 0.1) is 0 Å². The van der Waals surface area contributed by atoms with Gasteiger partial charge in [-0.15, -0.1) is 0 Å². The van der Waals surface area contributed by atoms with Crippen LogP contribution in [0, 0.1) is 0 Å². The van der Waals surface area contributed by atoms with E-state index < -0.39 is 42.8 Å². The average molecular weight is 829 g/mol. The highest BCUT2D eigenvalue weighted by atomic mass is 32.2. The van der Waals surface area contributed by atoms with Crippen LogP contribution in [0.3, 0.4) is 0 Å². The molecule has 0 aromatic heterocycles. The van der Waals surface area contributed by atoms with Gasteiger partial charge >= 0.3 is 31.3 Å². The summed E-state index contributed by atoms with van der Waals surface area (Å²) in [6.07, 6.45) is 0. The Morgan fingerprint density at radius 1 is 0.328 bits per heavy atom. The molecule has 6 nitrogen and oxygen atoms in total. The Morgan fingerprint density at radius 3 is 0.828 bits per heavy atom. The molecule has 0 saturated heterocycles. The van der Waals surface area contributed by atoms with Gasteiger partial charge in [-0.1, -0.05) is 133 Å². The van der Waals surface area contributed by atoms with E-state index in [9.17, 15) is 43.2 Å². The Morgan fingerprint density at radius 2 is 0.569 bits per heavy atom. The molecule has 0 aliphatic heterocycles. The van der Waals surface area contributed by atoms with Gasteiger partial charge in [-0.3, -0.25) is 0 Å². The van der Waals surface area contributed by atoms with Crippen LogP contribution in [-0.4, -0.2) is 27.9 Å². The second-order valence-corrected chi connectivity index (χ2v) is 16.2. The van der Waals surface area contributed by atoms with Crippen molar-refractivity contribution in [3.8, 4) is 56.0 Å². The maximum Gasteiger partial charge on any atom is 0.534 e. The summed E-state index contributed by atoms with van der Waals surface area (Å²) in [5.74, 6) is -1.11. The molecule has 0 spiro atoms. The molecule has 0 bridgehead atoms.